The lowest BCUT2D eigenvalue weighted by Crippen LogP contribution is -2.51. The second kappa shape index (κ2) is 11.1. The van der Waals surface area contributed by atoms with Crippen LogP contribution in [0.5, 0.6) is 0 Å². The molecule has 0 bridgehead atoms. The van der Waals surface area contributed by atoms with E-state index < -0.39 is 10.3 Å². The van der Waals surface area contributed by atoms with E-state index in [1.54, 1.807) is 42.5 Å². The molecule has 1 aliphatic heterocycles. The van der Waals surface area contributed by atoms with Gasteiger partial charge in [0.25, 0.3) is 5.69 Å². The maximum atomic E-state index is 12.5. The van der Waals surface area contributed by atoms with E-state index >= 15 is 0 Å². The van der Waals surface area contributed by atoms with Crippen LogP contribution in [0.15, 0.2) is 65.1 Å². The zero-order valence-corrected chi connectivity index (χ0v) is 22.2. The van der Waals surface area contributed by atoms with Crippen LogP contribution in [0, 0.1) is 15.5 Å². The van der Waals surface area contributed by atoms with Crippen molar-refractivity contribution >= 4 is 46.6 Å². The SMILES string of the molecule is CC(C)(C)C(=O)N1CCN(c2ccc(NC(=O)/C=C/c3ccc(-c4ccccc4[N+](=O)[O-])o3)cc2Cl)CC1. The molecule has 4 rings (SSSR count). The molecule has 0 atom stereocenters. The third-order valence-electron chi connectivity index (χ3n) is 6.16. The first kappa shape index (κ1) is 26.9. The Morgan fingerprint density at radius 3 is 2.42 bits per heavy atom. The Balaban J connectivity index is 1.36. The summed E-state index contributed by atoms with van der Waals surface area (Å²) in [6.07, 6.45) is 2.80. The molecule has 0 spiro atoms. The first-order valence-corrected chi connectivity index (χ1v) is 12.6. The molecule has 9 nitrogen and oxygen atoms in total. The smallest absolute Gasteiger partial charge is 0.280 e. The number of halogens is 1. The van der Waals surface area contributed by atoms with Crippen LogP contribution in [0.4, 0.5) is 17.1 Å². The highest BCUT2D eigenvalue weighted by Gasteiger charge is 2.30. The third kappa shape index (κ3) is 6.23. The summed E-state index contributed by atoms with van der Waals surface area (Å²) in [6.45, 7) is 8.37. The zero-order chi connectivity index (χ0) is 27.4. The van der Waals surface area contributed by atoms with Gasteiger partial charge in [-0.05, 0) is 42.5 Å². The van der Waals surface area contributed by atoms with Gasteiger partial charge in [0.2, 0.25) is 11.8 Å². The normalized spacial score (nSPS) is 14.1. The molecule has 38 heavy (non-hydrogen) atoms. The van der Waals surface area contributed by atoms with Crippen molar-refractivity contribution in [3.05, 3.63) is 81.6 Å². The Kier molecular flexibility index (Phi) is 7.87. The molecule has 2 amide bonds. The topological polar surface area (TPSA) is 109 Å². The van der Waals surface area contributed by atoms with Gasteiger partial charge in [-0.3, -0.25) is 19.7 Å². The number of anilines is 2. The van der Waals surface area contributed by atoms with Gasteiger partial charge in [0.05, 0.1) is 21.2 Å². The Hall–Kier alpha value is -4.11. The summed E-state index contributed by atoms with van der Waals surface area (Å²) in [5.74, 6) is 0.474. The number of carbonyl (C=O) groups excluding carboxylic acids is 2. The fourth-order valence-corrected chi connectivity index (χ4v) is 4.54. The molecule has 1 aliphatic rings. The Morgan fingerprint density at radius 1 is 1.05 bits per heavy atom. The molecule has 198 valence electrons. The van der Waals surface area contributed by atoms with Gasteiger partial charge in [-0.2, -0.15) is 0 Å². The summed E-state index contributed by atoms with van der Waals surface area (Å²) in [7, 11) is 0. The number of nitrogens with zero attached hydrogens (tertiary/aromatic N) is 3. The second-order valence-electron chi connectivity index (χ2n) is 9.99. The largest absolute Gasteiger partial charge is 0.456 e. The molecule has 1 saturated heterocycles. The van der Waals surface area contributed by atoms with Gasteiger partial charge in [-0.25, -0.2) is 0 Å². The quantitative estimate of drug-likeness (QED) is 0.240. The lowest BCUT2D eigenvalue weighted by molar-refractivity contribution is -0.384. The van der Waals surface area contributed by atoms with E-state index in [1.807, 2.05) is 31.7 Å². The van der Waals surface area contributed by atoms with E-state index in [-0.39, 0.29) is 17.5 Å². The molecular weight excluding hydrogens is 508 g/mol. The van der Waals surface area contributed by atoms with Crippen LogP contribution in [0.3, 0.4) is 0 Å². The van der Waals surface area contributed by atoms with Gasteiger partial charge in [0.1, 0.15) is 11.5 Å². The van der Waals surface area contributed by atoms with Crippen molar-refractivity contribution < 1.29 is 18.9 Å². The highest BCUT2D eigenvalue weighted by molar-refractivity contribution is 6.33. The number of nitro benzene ring substituents is 1. The average molecular weight is 537 g/mol. The fourth-order valence-electron chi connectivity index (χ4n) is 4.24. The Bertz CT molecular complexity index is 1380. The van der Waals surface area contributed by atoms with Crippen LogP contribution < -0.4 is 10.2 Å². The first-order chi connectivity index (χ1) is 18.0. The van der Waals surface area contributed by atoms with E-state index in [0.29, 0.717) is 54.0 Å². The molecule has 1 N–H and O–H groups in total. The number of rotatable bonds is 6. The number of carbonyl (C=O) groups is 2. The molecule has 1 fully saturated rings. The van der Waals surface area contributed by atoms with Crippen molar-refractivity contribution in [2.24, 2.45) is 5.41 Å². The predicted octanol–water partition coefficient (Wildman–Crippen LogP) is 5.85. The second-order valence-corrected chi connectivity index (χ2v) is 10.4. The van der Waals surface area contributed by atoms with Gasteiger partial charge >= 0.3 is 0 Å². The number of furan rings is 1. The van der Waals surface area contributed by atoms with E-state index in [0.717, 1.165) is 5.69 Å². The van der Waals surface area contributed by atoms with E-state index in [2.05, 4.69) is 10.2 Å². The molecule has 3 aromatic rings. The molecule has 2 aromatic carbocycles. The number of hydrogen-bond acceptors (Lipinski definition) is 6. The van der Waals surface area contributed by atoms with E-state index in [1.165, 1.54) is 18.2 Å². The Morgan fingerprint density at radius 2 is 1.76 bits per heavy atom. The summed E-state index contributed by atoms with van der Waals surface area (Å²) >= 11 is 6.53. The number of nitrogens with one attached hydrogen (secondary N) is 1. The van der Waals surface area contributed by atoms with Crippen molar-refractivity contribution in [3.8, 4) is 11.3 Å². The highest BCUT2D eigenvalue weighted by Crippen LogP contribution is 2.32. The molecule has 2 heterocycles. The van der Waals surface area contributed by atoms with Crippen LogP contribution in [-0.2, 0) is 9.59 Å². The minimum atomic E-state index is -0.467. The number of amides is 2. The van der Waals surface area contributed by atoms with Gasteiger partial charge in [-0.15, -0.1) is 0 Å². The molecule has 10 heteroatoms. The fraction of sp³-hybridized carbons (Fsp3) is 0.286. The van der Waals surface area contributed by atoms with Gasteiger partial charge in [0.15, 0.2) is 0 Å². The maximum Gasteiger partial charge on any atom is 0.280 e. The summed E-state index contributed by atoms with van der Waals surface area (Å²) < 4.78 is 5.68. The van der Waals surface area contributed by atoms with Crippen molar-refractivity contribution in [1.82, 2.24) is 4.90 Å². The Labute approximate surface area is 225 Å². The van der Waals surface area contributed by atoms with Crippen LogP contribution in [0.1, 0.15) is 26.5 Å². The summed E-state index contributed by atoms with van der Waals surface area (Å²) in [5, 5.41) is 14.5. The lowest BCUT2D eigenvalue weighted by Gasteiger charge is -2.39. The zero-order valence-electron chi connectivity index (χ0n) is 21.4. The average Bonchev–Trinajstić information content (AvgIpc) is 3.36. The molecular formula is C28H29ClN4O5. The molecule has 0 radical (unpaired) electrons. The number of para-hydroxylation sites is 1. The van der Waals surface area contributed by atoms with E-state index in [9.17, 15) is 19.7 Å². The van der Waals surface area contributed by atoms with Gasteiger partial charge in [0, 0.05) is 49.4 Å². The van der Waals surface area contributed by atoms with Crippen molar-refractivity contribution in [2.45, 2.75) is 20.8 Å². The van der Waals surface area contributed by atoms with Crippen LogP contribution in [0.2, 0.25) is 5.02 Å². The maximum absolute atomic E-state index is 12.5. The van der Waals surface area contributed by atoms with Crippen molar-refractivity contribution in [1.29, 1.82) is 0 Å². The number of nitro groups is 1. The number of piperazine rings is 1. The summed E-state index contributed by atoms with van der Waals surface area (Å²) in [4.78, 5) is 39.8. The molecule has 0 unspecified atom stereocenters. The van der Waals surface area contributed by atoms with Crippen LogP contribution >= 0.6 is 11.6 Å². The number of hydrogen-bond donors (Lipinski definition) is 1. The van der Waals surface area contributed by atoms with Crippen molar-refractivity contribution in [3.63, 3.8) is 0 Å². The standard InChI is InChI=1S/C28H29ClN4O5/c1-28(2,3)27(35)32-16-14-31(15-17-32)24-11-8-19(18-22(24)29)30-26(34)13-10-20-9-12-25(38-20)21-6-4-5-7-23(21)33(36)37/h4-13,18H,14-17H2,1-3H3,(H,30,34)/b13-10+. The third-order valence-corrected chi connectivity index (χ3v) is 6.46. The predicted molar refractivity (Wildman–Crippen MR) is 148 cm³/mol. The summed E-state index contributed by atoms with van der Waals surface area (Å²) in [5.41, 5.74) is 1.28. The highest BCUT2D eigenvalue weighted by atomic mass is 35.5. The van der Waals surface area contributed by atoms with Gasteiger partial charge in [-0.1, -0.05) is 44.5 Å². The first-order valence-electron chi connectivity index (χ1n) is 12.2. The van der Waals surface area contributed by atoms with E-state index in [4.69, 9.17) is 16.0 Å². The van der Waals surface area contributed by atoms with Crippen LogP contribution in [-0.4, -0.2) is 47.8 Å². The van der Waals surface area contributed by atoms with Crippen molar-refractivity contribution in [2.75, 3.05) is 36.4 Å². The lowest BCUT2D eigenvalue weighted by atomic mass is 9.94. The van der Waals surface area contributed by atoms with Gasteiger partial charge < -0.3 is 19.5 Å². The molecule has 1 aromatic heterocycles. The number of benzene rings is 2. The monoisotopic (exact) mass is 536 g/mol. The molecule has 0 aliphatic carbocycles. The minimum Gasteiger partial charge on any atom is -0.456 e. The summed E-state index contributed by atoms with van der Waals surface area (Å²) in [6, 6.07) is 14.9. The molecule has 0 saturated carbocycles. The van der Waals surface area contributed by atoms with Crippen LogP contribution in [0.25, 0.3) is 17.4 Å². The minimum absolute atomic E-state index is 0.0595.